The van der Waals surface area contributed by atoms with Crippen molar-refractivity contribution in [3.8, 4) is 0 Å². The first-order valence-electron chi connectivity index (χ1n) is 7.15. The van der Waals surface area contributed by atoms with Crippen molar-refractivity contribution >= 4 is 6.09 Å². The lowest BCUT2D eigenvalue weighted by Crippen LogP contribution is -2.48. The largest absolute Gasteiger partial charge is 0.450 e. The van der Waals surface area contributed by atoms with E-state index >= 15 is 0 Å². The number of benzene rings is 1. The van der Waals surface area contributed by atoms with Gasteiger partial charge < -0.3 is 15.4 Å². The van der Waals surface area contributed by atoms with E-state index in [4.69, 9.17) is 10.5 Å². The molecule has 0 bridgehead atoms. The summed E-state index contributed by atoms with van der Waals surface area (Å²) in [5, 5.41) is 0. The fraction of sp³-hybridized carbons (Fsp3) is 0.533. The molecule has 20 heavy (non-hydrogen) atoms. The minimum atomic E-state index is -0.197. The van der Waals surface area contributed by atoms with Crippen LogP contribution in [0, 0.1) is 0 Å². The van der Waals surface area contributed by atoms with Crippen molar-refractivity contribution in [3.05, 3.63) is 35.4 Å². The third kappa shape index (κ3) is 3.95. The molecule has 0 saturated carbocycles. The lowest BCUT2D eigenvalue weighted by atomic mass is 10.1. The van der Waals surface area contributed by atoms with E-state index in [1.807, 2.05) is 19.1 Å². The highest BCUT2D eigenvalue weighted by atomic mass is 16.6. The van der Waals surface area contributed by atoms with Gasteiger partial charge in [-0.1, -0.05) is 24.3 Å². The van der Waals surface area contributed by atoms with Crippen LogP contribution in [0.25, 0.3) is 0 Å². The lowest BCUT2D eigenvalue weighted by Gasteiger charge is -2.34. The van der Waals surface area contributed by atoms with Crippen LogP contribution in [0.3, 0.4) is 0 Å². The molecule has 0 atom stereocenters. The zero-order valence-electron chi connectivity index (χ0n) is 12.0. The Labute approximate surface area is 120 Å². The molecule has 2 rings (SSSR count). The SMILES string of the molecule is CCOC(=O)N1CCN(Cc2cccc(CN)c2)CC1. The number of nitrogens with two attached hydrogens (primary N) is 1. The molecule has 1 aliphatic heterocycles. The molecule has 2 N–H and O–H groups in total. The van der Waals surface area contributed by atoms with E-state index in [1.165, 1.54) is 5.56 Å². The van der Waals surface area contributed by atoms with Crippen LogP contribution in [-0.2, 0) is 17.8 Å². The molecule has 0 aromatic heterocycles. The number of ether oxygens (including phenoxy) is 1. The summed E-state index contributed by atoms with van der Waals surface area (Å²) < 4.78 is 5.02. The van der Waals surface area contributed by atoms with Gasteiger partial charge in [-0.05, 0) is 18.1 Å². The minimum Gasteiger partial charge on any atom is -0.450 e. The molecule has 5 heteroatoms. The fourth-order valence-corrected chi connectivity index (χ4v) is 2.42. The van der Waals surface area contributed by atoms with Gasteiger partial charge in [0.2, 0.25) is 0 Å². The van der Waals surface area contributed by atoms with Crippen LogP contribution < -0.4 is 5.73 Å². The zero-order chi connectivity index (χ0) is 14.4. The molecule has 1 aromatic carbocycles. The van der Waals surface area contributed by atoms with Gasteiger partial charge in [0.1, 0.15) is 0 Å². The first-order valence-corrected chi connectivity index (χ1v) is 7.15. The minimum absolute atomic E-state index is 0.197. The Balaban J connectivity index is 1.83. The van der Waals surface area contributed by atoms with Gasteiger partial charge >= 0.3 is 6.09 Å². The lowest BCUT2D eigenvalue weighted by molar-refractivity contribution is 0.0778. The predicted molar refractivity (Wildman–Crippen MR) is 78.2 cm³/mol. The molecule has 1 heterocycles. The third-order valence-electron chi connectivity index (χ3n) is 3.53. The maximum atomic E-state index is 11.6. The summed E-state index contributed by atoms with van der Waals surface area (Å²) >= 11 is 0. The first-order chi connectivity index (χ1) is 9.72. The van der Waals surface area contributed by atoms with Gasteiger partial charge in [0, 0.05) is 39.3 Å². The number of hydrogen-bond donors (Lipinski definition) is 1. The van der Waals surface area contributed by atoms with Crippen LogP contribution in [0.2, 0.25) is 0 Å². The number of carbonyl (C=O) groups is 1. The number of hydrogen-bond acceptors (Lipinski definition) is 4. The van der Waals surface area contributed by atoms with Crippen molar-refractivity contribution in [2.45, 2.75) is 20.0 Å². The third-order valence-corrected chi connectivity index (χ3v) is 3.53. The Morgan fingerprint density at radius 2 is 1.95 bits per heavy atom. The van der Waals surface area contributed by atoms with E-state index < -0.39 is 0 Å². The molecular weight excluding hydrogens is 254 g/mol. The highest BCUT2D eigenvalue weighted by Gasteiger charge is 2.21. The molecule has 0 radical (unpaired) electrons. The van der Waals surface area contributed by atoms with Crippen molar-refractivity contribution in [3.63, 3.8) is 0 Å². The monoisotopic (exact) mass is 277 g/mol. The van der Waals surface area contributed by atoms with Gasteiger partial charge in [-0.2, -0.15) is 0 Å². The van der Waals surface area contributed by atoms with Crippen molar-refractivity contribution in [2.24, 2.45) is 5.73 Å². The van der Waals surface area contributed by atoms with Crippen molar-refractivity contribution in [1.29, 1.82) is 0 Å². The molecule has 5 nitrogen and oxygen atoms in total. The van der Waals surface area contributed by atoms with E-state index in [0.717, 1.165) is 38.3 Å². The number of carbonyl (C=O) groups excluding carboxylic acids is 1. The number of nitrogens with zero attached hydrogens (tertiary/aromatic N) is 2. The second kappa shape index (κ2) is 7.26. The molecule has 1 fully saturated rings. The van der Waals surface area contributed by atoms with Crippen molar-refractivity contribution in [1.82, 2.24) is 9.80 Å². The second-order valence-electron chi connectivity index (χ2n) is 4.99. The predicted octanol–water partition coefficient (Wildman–Crippen LogP) is 1.42. The number of rotatable bonds is 4. The van der Waals surface area contributed by atoms with E-state index in [2.05, 4.69) is 17.0 Å². The van der Waals surface area contributed by atoms with Crippen molar-refractivity contribution in [2.75, 3.05) is 32.8 Å². The highest BCUT2D eigenvalue weighted by Crippen LogP contribution is 2.11. The molecule has 0 unspecified atom stereocenters. The summed E-state index contributed by atoms with van der Waals surface area (Å²) in [6.07, 6.45) is -0.197. The average molecular weight is 277 g/mol. The zero-order valence-corrected chi connectivity index (χ0v) is 12.0. The highest BCUT2D eigenvalue weighted by molar-refractivity contribution is 5.67. The second-order valence-corrected chi connectivity index (χ2v) is 4.99. The van der Waals surface area contributed by atoms with E-state index in [1.54, 1.807) is 4.90 Å². The topological polar surface area (TPSA) is 58.8 Å². The van der Waals surface area contributed by atoms with E-state index in [9.17, 15) is 4.79 Å². The molecule has 110 valence electrons. The van der Waals surface area contributed by atoms with Gasteiger partial charge in [0.15, 0.2) is 0 Å². The molecule has 1 amide bonds. The van der Waals surface area contributed by atoms with Gasteiger partial charge in [0.05, 0.1) is 6.61 Å². The summed E-state index contributed by atoms with van der Waals surface area (Å²) in [4.78, 5) is 15.7. The Bertz CT molecular complexity index is 442. The fourth-order valence-electron chi connectivity index (χ4n) is 2.42. The van der Waals surface area contributed by atoms with Gasteiger partial charge in [-0.3, -0.25) is 4.90 Å². The van der Waals surface area contributed by atoms with Crippen LogP contribution in [0.5, 0.6) is 0 Å². The summed E-state index contributed by atoms with van der Waals surface area (Å²) in [7, 11) is 0. The van der Waals surface area contributed by atoms with E-state index in [-0.39, 0.29) is 6.09 Å². The quantitative estimate of drug-likeness (QED) is 0.904. The smallest absolute Gasteiger partial charge is 0.409 e. The Morgan fingerprint density at radius 1 is 1.25 bits per heavy atom. The van der Waals surface area contributed by atoms with Crippen LogP contribution >= 0.6 is 0 Å². The summed E-state index contributed by atoms with van der Waals surface area (Å²) in [6.45, 7) is 6.97. The summed E-state index contributed by atoms with van der Waals surface area (Å²) in [5.41, 5.74) is 8.10. The van der Waals surface area contributed by atoms with Gasteiger partial charge in [0.25, 0.3) is 0 Å². The van der Waals surface area contributed by atoms with Crippen molar-refractivity contribution < 1.29 is 9.53 Å². The molecule has 1 saturated heterocycles. The number of amides is 1. The Hall–Kier alpha value is -1.59. The maximum Gasteiger partial charge on any atom is 0.409 e. The normalized spacial score (nSPS) is 16.2. The Kier molecular flexibility index (Phi) is 5.38. The Morgan fingerprint density at radius 3 is 2.60 bits per heavy atom. The van der Waals surface area contributed by atoms with Crippen LogP contribution in [0.15, 0.2) is 24.3 Å². The maximum absolute atomic E-state index is 11.6. The van der Waals surface area contributed by atoms with Crippen LogP contribution in [0.4, 0.5) is 4.79 Å². The average Bonchev–Trinajstić information content (AvgIpc) is 2.48. The summed E-state index contributed by atoms with van der Waals surface area (Å²) in [6, 6.07) is 8.36. The van der Waals surface area contributed by atoms with Crippen LogP contribution in [0.1, 0.15) is 18.1 Å². The first kappa shape index (κ1) is 14.8. The molecule has 0 spiro atoms. The molecule has 0 aliphatic carbocycles. The van der Waals surface area contributed by atoms with E-state index in [0.29, 0.717) is 13.2 Å². The molecular formula is C15H23N3O2. The van der Waals surface area contributed by atoms with Gasteiger partial charge in [-0.15, -0.1) is 0 Å². The van der Waals surface area contributed by atoms with Gasteiger partial charge in [-0.25, -0.2) is 4.79 Å². The summed E-state index contributed by atoms with van der Waals surface area (Å²) in [5.74, 6) is 0. The molecule has 1 aliphatic rings. The molecule has 1 aromatic rings. The number of piperazine rings is 1. The van der Waals surface area contributed by atoms with Crippen LogP contribution in [-0.4, -0.2) is 48.7 Å². The standard InChI is InChI=1S/C15H23N3O2/c1-2-20-15(19)18-8-6-17(7-9-18)12-14-5-3-4-13(10-14)11-16/h3-5,10H,2,6-9,11-12,16H2,1H3.